The van der Waals surface area contributed by atoms with Crippen LogP contribution >= 0.6 is 31.9 Å². The SMILES string of the molecule is C[C@@]1(c2ccc(Br)cc2)Oc2ccc(Br)cc2[C@H]2CC(c3ccc4ccccc4c3)=NN21. The normalized spacial score (nSPS) is 21.7. The van der Waals surface area contributed by atoms with Crippen LogP contribution in [0.1, 0.15) is 36.1 Å². The summed E-state index contributed by atoms with van der Waals surface area (Å²) in [7, 11) is 0. The highest BCUT2D eigenvalue weighted by Gasteiger charge is 2.48. The second-order valence-corrected chi connectivity index (χ2v) is 10.3. The fraction of sp³-hybridized carbons (Fsp3) is 0.148. The quantitative estimate of drug-likeness (QED) is 0.256. The monoisotopic (exact) mass is 546 g/mol. The van der Waals surface area contributed by atoms with Crippen molar-refractivity contribution < 1.29 is 4.74 Å². The highest BCUT2D eigenvalue weighted by atomic mass is 79.9. The van der Waals surface area contributed by atoms with Crippen LogP contribution in [0, 0.1) is 0 Å². The first-order valence-electron chi connectivity index (χ1n) is 10.6. The van der Waals surface area contributed by atoms with Crippen molar-refractivity contribution >= 4 is 48.3 Å². The molecule has 158 valence electrons. The lowest BCUT2D eigenvalue weighted by atomic mass is 9.92. The van der Waals surface area contributed by atoms with E-state index < -0.39 is 5.72 Å². The fourth-order valence-electron chi connectivity index (χ4n) is 4.77. The number of fused-ring (bicyclic) bond motifs is 4. The molecule has 0 N–H and O–H groups in total. The first-order chi connectivity index (χ1) is 15.5. The zero-order valence-corrected chi connectivity index (χ0v) is 20.6. The van der Waals surface area contributed by atoms with Crippen LogP contribution in [0.5, 0.6) is 5.75 Å². The largest absolute Gasteiger partial charge is 0.462 e. The second kappa shape index (κ2) is 7.46. The van der Waals surface area contributed by atoms with Gasteiger partial charge in [-0.2, -0.15) is 5.10 Å². The predicted molar refractivity (Wildman–Crippen MR) is 136 cm³/mol. The van der Waals surface area contributed by atoms with Gasteiger partial charge in [-0.3, -0.25) is 0 Å². The first kappa shape index (κ1) is 20.0. The Hall–Kier alpha value is -2.63. The standard InChI is InChI=1S/C27H20Br2N2O/c1-27(20-8-10-21(28)11-9-20)31-25(23-15-22(29)12-13-26(23)32-27)16-24(30-31)19-7-6-17-4-2-3-5-18(17)14-19/h2-15,25H,16H2,1H3/t25-,27+/m1/s1. The van der Waals surface area contributed by atoms with Crippen molar-refractivity contribution in [2.24, 2.45) is 5.10 Å². The van der Waals surface area contributed by atoms with Crippen molar-refractivity contribution in [1.82, 2.24) is 5.01 Å². The summed E-state index contributed by atoms with van der Waals surface area (Å²) in [5, 5.41) is 9.78. The lowest BCUT2D eigenvalue weighted by molar-refractivity contribution is -0.112. The molecule has 4 aromatic rings. The molecule has 0 unspecified atom stereocenters. The van der Waals surface area contributed by atoms with E-state index >= 15 is 0 Å². The number of benzene rings is 4. The van der Waals surface area contributed by atoms with Crippen LogP contribution in [0.15, 0.2) is 99.0 Å². The molecule has 0 bridgehead atoms. The van der Waals surface area contributed by atoms with Gasteiger partial charge in [0, 0.05) is 33.4 Å². The molecule has 5 heteroatoms. The molecule has 2 atom stereocenters. The van der Waals surface area contributed by atoms with Gasteiger partial charge in [0.15, 0.2) is 0 Å². The molecular formula is C27H20Br2N2O. The van der Waals surface area contributed by atoms with Gasteiger partial charge in [0.2, 0.25) is 5.72 Å². The average Bonchev–Trinajstić information content (AvgIpc) is 3.27. The Kier molecular flexibility index (Phi) is 4.67. The molecular weight excluding hydrogens is 528 g/mol. The third-order valence-electron chi connectivity index (χ3n) is 6.45. The minimum atomic E-state index is -0.704. The number of hydrogen-bond donors (Lipinski definition) is 0. The number of rotatable bonds is 2. The molecule has 2 heterocycles. The molecule has 0 saturated heterocycles. The Morgan fingerprint density at radius 2 is 1.62 bits per heavy atom. The summed E-state index contributed by atoms with van der Waals surface area (Å²) in [5.41, 5.74) is 3.77. The van der Waals surface area contributed by atoms with Gasteiger partial charge in [-0.25, -0.2) is 5.01 Å². The Balaban J connectivity index is 1.49. The number of hydrogen-bond acceptors (Lipinski definition) is 3. The Morgan fingerprint density at radius 3 is 2.44 bits per heavy atom. The molecule has 0 saturated carbocycles. The molecule has 6 rings (SSSR count). The van der Waals surface area contributed by atoms with Crippen molar-refractivity contribution in [3.63, 3.8) is 0 Å². The minimum absolute atomic E-state index is 0.103. The molecule has 2 aliphatic rings. The van der Waals surface area contributed by atoms with E-state index in [1.807, 2.05) is 6.07 Å². The smallest absolute Gasteiger partial charge is 0.221 e. The highest BCUT2D eigenvalue weighted by molar-refractivity contribution is 9.10. The van der Waals surface area contributed by atoms with E-state index in [4.69, 9.17) is 9.84 Å². The summed E-state index contributed by atoms with van der Waals surface area (Å²) in [6.07, 6.45) is 0.831. The van der Waals surface area contributed by atoms with Gasteiger partial charge in [-0.1, -0.05) is 80.4 Å². The Morgan fingerprint density at radius 1 is 0.875 bits per heavy atom. The molecule has 0 aromatic heterocycles. The van der Waals surface area contributed by atoms with E-state index in [0.29, 0.717) is 0 Å². The highest BCUT2D eigenvalue weighted by Crippen LogP contribution is 2.51. The van der Waals surface area contributed by atoms with Gasteiger partial charge in [0.05, 0.1) is 11.8 Å². The summed E-state index contributed by atoms with van der Waals surface area (Å²) in [6.45, 7) is 2.11. The van der Waals surface area contributed by atoms with Crippen molar-refractivity contribution in [2.45, 2.75) is 25.1 Å². The third-order valence-corrected chi connectivity index (χ3v) is 7.47. The van der Waals surface area contributed by atoms with Crippen LogP contribution in [-0.4, -0.2) is 10.7 Å². The van der Waals surface area contributed by atoms with Crippen molar-refractivity contribution in [2.75, 3.05) is 0 Å². The van der Waals surface area contributed by atoms with Gasteiger partial charge < -0.3 is 4.74 Å². The second-order valence-electron chi connectivity index (χ2n) is 8.45. The maximum atomic E-state index is 6.65. The Labute approximate surface area is 204 Å². The van der Waals surface area contributed by atoms with Crippen LogP contribution in [0.25, 0.3) is 10.8 Å². The molecule has 0 radical (unpaired) electrons. The van der Waals surface area contributed by atoms with Gasteiger partial charge in [0.25, 0.3) is 0 Å². The summed E-state index contributed by atoms with van der Waals surface area (Å²) in [4.78, 5) is 0. The number of halogens is 2. The minimum Gasteiger partial charge on any atom is -0.462 e. The average molecular weight is 548 g/mol. The topological polar surface area (TPSA) is 24.8 Å². The van der Waals surface area contributed by atoms with Gasteiger partial charge in [-0.05, 0) is 52.7 Å². The van der Waals surface area contributed by atoms with Crippen LogP contribution in [0.2, 0.25) is 0 Å². The number of nitrogens with zero attached hydrogens (tertiary/aromatic N) is 2. The molecule has 32 heavy (non-hydrogen) atoms. The fourth-order valence-corrected chi connectivity index (χ4v) is 5.42. The van der Waals surface area contributed by atoms with E-state index in [1.165, 1.54) is 10.8 Å². The summed E-state index contributed by atoms with van der Waals surface area (Å²) < 4.78 is 8.74. The Bertz CT molecular complexity index is 1380. The molecule has 0 aliphatic carbocycles. The summed E-state index contributed by atoms with van der Waals surface area (Å²) in [6, 6.07) is 29.7. The van der Waals surface area contributed by atoms with Crippen LogP contribution in [0.3, 0.4) is 0 Å². The van der Waals surface area contributed by atoms with Crippen molar-refractivity contribution in [3.8, 4) is 5.75 Å². The number of hydrazone groups is 1. The van der Waals surface area contributed by atoms with Gasteiger partial charge in [-0.15, -0.1) is 0 Å². The predicted octanol–water partition coefficient (Wildman–Crippen LogP) is 7.78. The van der Waals surface area contributed by atoms with E-state index in [0.717, 1.165) is 43.5 Å². The molecule has 0 fully saturated rings. The molecule has 0 spiro atoms. The van der Waals surface area contributed by atoms with E-state index in [9.17, 15) is 0 Å². The third kappa shape index (κ3) is 3.18. The molecule has 4 aromatic carbocycles. The number of ether oxygens (including phenoxy) is 1. The summed E-state index contributed by atoms with van der Waals surface area (Å²) in [5.74, 6) is 0.912. The molecule has 2 aliphatic heterocycles. The maximum Gasteiger partial charge on any atom is 0.221 e. The van der Waals surface area contributed by atoms with E-state index in [-0.39, 0.29) is 6.04 Å². The van der Waals surface area contributed by atoms with Crippen LogP contribution < -0.4 is 4.74 Å². The van der Waals surface area contributed by atoms with Crippen molar-refractivity contribution in [1.29, 1.82) is 0 Å². The lowest BCUT2D eigenvalue weighted by Gasteiger charge is -2.46. The van der Waals surface area contributed by atoms with Crippen LogP contribution in [0.4, 0.5) is 0 Å². The zero-order valence-electron chi connectivity index (χ0n) is 17.4. The van der Waals surface area contributed by atoms with Gasteiger partial charge >= 0.3 is 0 Å². The van der Waals surface area contributed by atoms with E-state index in [2.05, 4.69) is 123 Å². The van der Waals surface area contributed by atoms with Crippen molar-refractivity contribution in [3.05, 3.63) is 111 Å². The first-order valence-corrected chi connectivity index (χ1v) is 12.2. The summed E-state index contributed by atoms with van der Waals surface area (Å²) >= 11 is 7.19. The van der Waals surface area contributed by atoms with E-state index in [1.54, 1.807) is 0 Å². The van der Waals surface area contributed by atoms with Crippen LogP contribution in [-0.2, 0) is 5.72 Å². The maximum absolute atomic E-state index is 6.65. The molecule has 0 amide bonds. The zero-order chi connectivity index (χ0) is 21.9. The lowest BCUT2D eigenvalue weighted by Crippen LogP contribution is -2.48. The molecule has 3 nitrogen and oxygen atoms in total. The van der Waals surface area contributed by atoms with Gasteiger partial charge in [0.1, 0.15) is 5.75 Å².